The fourth-order valence-corrected chi connectivity index (χ4v) is 2.36. The van der Waals surface area contributed by atoms with Gasteiger partial charge in [-0.15, -0.1) is 0 Å². The van der Waals surface area contributed by atoms with Crippen LogP contribution in [0.2, 0.25) is 0 Å². The standard InChI is InChI=1S/C18H23NO/c1-4-13(2)14-5-7-15(8-6-14)16-9-10-18(20-3)17(11-16)12-19/h5-11,13H,4,12,19H2,1-3H3. The molecular weight excluding hydrogens is 246 g/mol. The van der Waals surface area contributed by atoms with Crippen molar-refractivity contribution in [2.45, 2.75) is 32.7 Å². The number of hydrogen-bond acceptors (Lipinski definition) is 2. The van der Waals surface area contributed by atoms with E-state index in [1.54, 1.807) is 7.11 Å². The predicted octanol–water partition coefficient (Wildman–Crippen LogP) is 4.33. The van der Waals surface area contributed by atoms with Gasteiger partial charge in [-0.3, -0.25) is 0 Å². The van der Waals surface area contributed by atoms with Gasteiger partial charge in [0.15, 0.2) is 0 Å². The smallest absolute Gasteiger partial charge is 0.123 e. The highest BCUT2D eigenvalue weighted by atomic mass is 16.5. The van der Waals surface area contributed by atoms with E-state index in [4.69, 9.17) is 10.5 Å². The first kappa shape index (κ1) is 14.6. The molecule has 2 aromatic carbocycles. The SMILES string of the molecule is CCC(C)c1ccc(-c2ccc(OC)c(CN)c2)cc1. The summed E-state index contributed by atoms with van der Waals surface area (Å²) in [4.78, 5) is 0. The van der Waals surface area contributed by atoms with Crippen molar-refractivity contribution >= 4 is 0 Å². The Balaban J connectivity index is 2.32. The van der Waals surface area contributed by atoms with Crippen molar-refractivity contribution in [1.29, 1.82) is 0 Å². The van der Waals surface area contributed by atoms with E-state index in [9.17, 15) is 0 Å². The summed E-state index contributed by atoms with van der Waals surface area (Å²) in [7, 11) is 1.68. The predicted molar refractivity (Wildman–Crippen MR) is 85.0 cm³/mol. The molecule has 0 aliphatic rings. The second kappa shape index (κ2) is 6.58. The molecule has 20 heavy (non-hydrogen) atoms. The molecule has 0 heterocycles. The van der Waals surface area contributed by atoms with Crippen molar-refractivity contribution in [2.24, 2.45) is 5.73 Å². The fourth-order valence-electron chi connectivity index (χ4n) is 2.36. The first-order valence-electron chi connectivity index (χ1n) is 7.16. The maximum absolute atomic E-state index is 5.78. The van der Waals surface area contributed by atoms with E-state index >= 15 is 0 Å². The van der Waals surface area contributed by atoms with Crippen molar-refractivity contribution in [1.82, 2.24) is 0 Å². The Morgan fingerprint density at radius 1 is 1.05 bits per heavy atom. The number of ether oxygens (including phenoxy) is 1. The summed E-state index contributed by atoms with van der Waals surface area (Å²) in [5, 5.41) is 0. The fraction of sp³-hybridized carbons (Fsp3) is 0.333. The van der Waals surface area contributed by atoms with Crippen LogP contribution >= 0.6 is 0 Å². The van der Waals surface area contributed by atoms with Gasteiger partial charge in [0, 0.05) is 12.1 Å². The lowest BCUT2D eigenvalue weighted by molar-refractivity contribution is 0.410. The molecule has 0 amide bonds. The molecule has 1 atom stereocenters. The Morgan fingerprint density at radius 3 is 2.25 bits per heavy atom. The molecule has 0 spiro atoms. The third kappa shape index (κ3) is 3.02. The van der Waals surface area contributed by atoms with Crippen LogP contribution < -0.4 is 10.5 Å². The van der Waals surface area contributed by atoms with Gasteiger partial charge in [-0.1, -0.05) is 44.2 Å². The van der Waals surface area contributed by atoms with Gasteiger partial charge in [0.1, 0.15) is 5.75 Å². The number of nitrogens with two attached hydrogens (primary N) is 1. The molecule has 0 aromatic heterocycles. The van der Waals surface area contributed by atoms with Crippen LogP contribution in [0.4, 0.5) is 0 Å². The second-order valence-corrected chi connectivity index (χ2v) is 5.16. The van der Waals surface area contributed by atoms with Gasteiger partial charge in [0.05, 0.1) is 7.11 Å². The number of methoxy groups -OCH3 is 1. The molecule has 2 N–H and O–H groups in total. The van der Waals surface area contributed by atoms with Crippen LogP contribution in [-0.4, -0.2) is 7.11 Å². The highest BCUT2D eigenvalue weighted by molar-refractivity contribution is 5.66. The summed E-state index contributed by atoms with van der Waals surface area (Å²) in [6.07, 6.45) is 1.17. The third-order valence-electron chi connectivity index (χ3n) is 3.93. The highest BCUT2D eigenvalue weighted by Gasteiger charge is 2.06. The number of benzene rings is 2. The molecule has 2 aromatic rings. The van der Waals surface area contributed by atoms with Gasteiger partial charge in [0.25, 0.3) is 0 Å². The minimum atomic E-state index is 0.488. The van der Waals surface area contributed by atoms with Crippen LogP contribution in [0.5, 0.6) is 5.75 Å². The van der Waals surface area contributed by atoms with Crippen LogP contribution in [0.3, 0.4) is 0 Å². The summed E-state index contributed by atoms with van der Waals surface area (Å²) in [6.45, 7) is 4.96. The first-order chi connectivity index (χ1) is 9.69. The monoisotopic (exact) mass is 269 g/mol. The molecular formula is C18H23NO. The van der Waals surface area contributed by atoms with Crippen molar-refractivity contribution in [2.75, 3.05) is 7.11 Å². The van der Waals surface area contributed by atoms with E-state index in [2.05, 4.69) is 50.2 Å². The zero-order chi connectivity index (χ0) is 14.5. The van der Waals surface area contributed by atoms with Crippen molar-refractivity contribution in [3.8, 4) is 16.9 Å². The van der Waals surface area contributed by atoms with E-state index < -0.39 is 0 Å². The van der Waals surface area contributed by atoms with Gasteiger partial charge < -0.3 is 10.5 Å². The Labute approximate surface area is 121 Å². The Hall–Kier alpha value is -1.80. The topological polar surface area (TPSA) is 35.2 Å². The minimum absolute atomic E-state index is 0.488. The van der Waals surface area contributed by atoms with E-state index in [0.29, 0.717) is 12.5 Å². The first-order valence-corrected chi connectivity index (χ1v) is 7.16. The number of hydrogen-bond donors (Lipinski definition) is 1. The van der Waals surface area contributed by atoms with Crippen LogP contribution in [0.1, 0.15) is 37.3 Å². The quantitative estimate of drug-likeness (QED) is 0.876. The summed E-state index contributed by atoms with van der Waals surface area (Å²) < 4.78 is 5.31. The Morgan fingerprint density at radius 2 is 1.70 bits per heavy atom. The van der Waals surface area contributed by atoms with E-state index in [1.807, 2.05) is 6.07 Å². The van der Waals surface area contributed by atoms with Gasteiger partial charge in [-0.25, -0.2) is 0 Å². The lowest BCUT2D eigenvalue weighted by Crippen LogP contribution is -2.00. The van der Waals surface area contributed by atoms with Crippen LogP contribution in [0.25, 0.3) is 11.1 Å². The van der Waals surface area contributed by atoms with E-state index in [0.717, 1.165) is 11.3 Å². The van der Waals surface area contributed by atoms with Gasteiger partial charge >= 0.3 is 0 Å². The van der Waals surface area contributed by atoms with E-state index in [-0.39, 0.29) is 0 Å². The molecule has 0 saturated carbocycles. The zero-order valence-corrected chi connectivity index (χ0v) is 12.5. The van der Waals surface area contributed by atoms with Crippen LogP contribution in [0, 0.1) is 0 Å². The minimum Gasteiger partial charge on any atom is -0.496 e. The van der Waals surface area contributed by atoms with Crippen molar-refractivity contribution in [3.05, 3.63) is 53.6 Å². The zero-order valence-electron chi connectivity index (χ0n) is 12.5. The van der Waals surface area contributed by atoms with Crippen LogP contribution in [0.15, 0.2) is 42.5 Å². The molecule has 106 valence electrons. The molecule has 0 radical (unpaired) electrons. The van der Waals surface area contributed by atoms with Crippen molar-refractivity contribution in [3.63, 3.8) is 0 Å². The van der Waals surface area contributed by atoms with Gasteiger partial charge in [-0.2, -0.15) is 0 Å². The summed E-state index contributed by atoms with van der Waals surface area (Å²) in [5.74, 6) is 1.46. The van der Waals surface area contributed by atoms with Gasteiger partial charge in [-0.05, 0) is 41.2 Å². The average Bonchev–Trinajstić information content (AvgIpc) is 2.53. The lowest BCUT2D eigenvalue weighted by atomic mass is 9.95. The molecule has 2 rings (SSSR count). The molecule has 2 heteroatoms. The molecule has 1 unspecified atom stereocenters. The average molecular weight is 269 g/mol. The number of rotatable bonds is 5. The molecule has 0 aliphatic carbocycles. The lowest BCUT2D eigenvalue weighted by Gasteiger charge is -2.12. The molecule has 0 fully saturated rings. The molecule has 0 aliphatic heterocycles. The van der Waals surface area contributed by atoms with E-state index in [1.165, 1.54) is 23.1 Å². The van der Waals surface area contributed by atoms with Crippen LogP contribution in [-0.2, 0) is 6.54 Å². The van der Waals surface area contributed by atoms with Gasteiger partial charge in [0.2, 0.25) is 0 Å². The molecule has 0 saturated heterocycles. The maximum atomic E-state index is 5.78. The normalized spacial score (nSPS) is 12.2. The van der Waals surface area contributed by atoms with Crippen molar-refractivity contribution < 1.29 is 4.74 Å². The second-order valence-electron chi connectivity index (χ2n) is 5.16. The molecule has 0 bridgehead atoms. The Bertz CT molecular complexity index is 560. The maximum Gasteiger partial charge on any atom is 0.123 e. The highest BCUT2D eigenvalue weighted by Crippen LogP contribution is 2.28. The summed E-state index contributed by atoms with van der Waals surface area (Å²) in [6, 6.07) is 15.0. The summed E-state index contributed by atoms with van der Waals surface area (Å²) in [5.41, 5.74) is 10.6. The molecule has 2 nitrogen and oxygen atoms in total. The summed E-state index contributed by atoms with van der Waals surface area (Å²) >= 11 is 0. The largest absolute Gasteiger partial charge is 0.496 e. The third-order valence-corrected chi connectivity index (χ3v) is 3.93. The Kier molecular flexibility index (Phi) is 4.80.